The molecule has 0 nitrogen and oxygen atoms in total. The minimum atomic E-state index is 1.08. The number of benzene rings is 2. The Hall–Kier alpha value is -0.820. The molecule has 0 saturated heterocycles. The van der Waals surface area contributed by atoms with Crippen LogP contribution in [0, 0.1) is 6.92 Å². The molecule has 12 heavy (non-hydrogen) atoms. The van der Waals surface area contributed by atoms with Crippen molar-refractivity contribution in [1.29, 1.82) is 0 Å². The molecule has 0 spiro atoms. The molecule has 1 radical (unpaired) electrons. The van der Waals surface area contributed by atoms with E-state index in [2.05, 4.69) is 41.1 Å². The van der Waals surface area contributed by atoms with Gasteiger partial charge in [0.05, 0.1) is 0 Å². The lowest BCUT2D eigenvalue weighted by atomic mass is 10.1. The Labute approximate surface area is 80.3 Å². The van der Waals surface area contributed by atoms with Crippen LogP contribution < -0.4 is 0 Å². The van der Waals surface area contributed by atoms with Crippen molar-refractivity contribution in [1.82, 2.24) is 0 Å². The molecule has 1 heteroatoms. The summed E-state index contributed by atoms with van der Waals surface area (Å²) in [7, 11) is 0. The van der Waals surface area contributed by atoms with Gasteiger partial charge in [0, 0.05) is 4.47 Å². The Balaban J connectivity index is 2.86. The van der Waals surface area contributed by atoms with Gasteiger partial charge >= 0.3 is 0 Å². The molecular weight excluding hydrogens is 212 g/mol. The summed E-state index contributed by atoms with van der Waals surface area (Å²) in [6, 6.07) is 12.4. The molecule has 0 amide bonds. The average Bonchev–Trinajstić information content (AvgIpc) is 2.04. The molecule has 2 aromatic rings. The fourth-order valence-electron chi connectivity index (χ4n) is 1.32. The van der Waals surface area contributed by atoms with Gasteiger partial charge in [-0.3, -0.25) is 0 Å². The van der Waals surface area contributed by atoms with Crippen LogP contribution in [-0.2, 0) is 0 Å². The van der Waals surface area contributed by atoms with E-state index >= 15 is 0 Å². The number of hydrogen-bond acceptors (Lipinski definition) is 0. The Bertz CT molecular complexity index is 418. The highest BCUT2D eigenvalue weighted by atomic mass is 79.9. The van der Waals surface area contributed by atoms with E-state index in [0.29, 0.717) is 0 Å². The van der Waals surface area contributed by atoms with Crippen LogP contribution in [0.15, 0.2) is 40.9 Å². The number of hydrogen-bond donors (Lipinski definition) is 0. The zero-order valence-corrected chi connectivity index (χ0v) is 8.14. The van der Waals surface area contributed by atoms with Crippen molar-refractivity contribution in [3.05, 3.63) is 53.4 Å². The predicted molar refractivity (Wildman–Crippen MR) is 56.1 cm³/mol. The van der Waals surface area contributed by atoms with Crippen molar-refractivity contribution in [2.45, 2.75) is 0 Å². The maximum absolute atomic E-state index is 3.96. The zero-order chi connectivity index (χ0) is 8.55. The van der Waals surface area contributed by atoms with Crippen LogP contribution in [0.25, 0.3) is 10.8 Å². The van der Waals surface area contributed by atoms with Crippen LogP contribution >= 0.6 is 15.9 Å². The van der Waals surface area contributed by atoms with E-state index in [1.807, 2.05) is 18.2 Å². The lowest BCUT2D eigenvalue weighted by Gasteiger charge is -2.00. The van der Waals surface area contributed by atoms with Crippen molar-refractivity contribution in [2.75, 3.05) is 0 Å². The minimum Gasteiger partial charge on any atom is -0.0614 e. The molecule has 2 aromatic carbocycles. The molecule has 0 aliphatic carbocycles. The Morgan fingerprint density at radius 3 is 2.75 bits per heavy atom. The zero-order valence-electron chi connectivity index (χ0n) is 6.55. The first kappa shape index (κ1) is 7.81. The molecule has 59 valence electrons. The first-order valence-corrected chi connectivity index (χ1v) is 4.57. The summed E-state index contributed by atoms with van der Waals surface area (Å²) >= 11 is 3.44. The first-order valence-electron chi connectivity index (χ1n) is 3.77. The van der Waals surface area contributed by atoms with Gasteiger partial charge in [-0.1, -0.05) is 40.2 Å². The third-order valence-corrected chi connectivity index (χ3v) is 2.43. The van der Waals surface area contributed by atoms with Gasteiger partial charge in [0.15, 0.2) is 0 Å². The molecule has 0 heterocycles. The number of halogens is 1. The molecule has 0 atom stereocenters. The maximum Gasteiger partial charge on any atom is 0.0181 e. The SMILES string of the molecule is [CH2]c1cccc2cc(Br)ccc12. The normalized spacial score (nSPS) is 10.5. The standard InChI is InChI=1S/C11H8Br/c1-8-3-2-4-9-7-10(12)5-6-11(8)9/h2-7H,1H2. The summed E-state index contributed by atoms with van der Waals surface area (Å²) in [5.74, 6) is 0. The molecule has 0 bridgehead atoms. The van der Waals surface area contributed by atoms with E-state index in [1.54, 1.807) is 0 Å². The predicted octanol–water partition coefficient (Wildman–Crippen LogP) is 3.78. The molecule has 0 N–H and O–H groups in total. The smallest absolute Gasteiger partial charge is 0.0181 e. The molecule has 0 aromatic heterocycles. The summed E-state index contributed by atoms with van der Waals surface area (Å²) in [6.07, 6.45) is 0. The number of rotatable bonds is 0. The average molecular weight is 220 g/mol. The third-order valence-electron chi connectivity index (χ3n) is 1.93. The highest BCUT2D eigenvalue weighted by Crippen LogP contribution is 2.21. The van der Waals surface area contributed by atoms with Gasteiger partial charge < -0.3 is 0 Å². The second kappa shape index (κ2) is 2.91. The third kappa shape index (κ3) is 1.25. The van der Waals surface area contributed by atoms with Crippen molar-refractivity contribution in [3.8, 4) is 0 Å². The highest BCUT2D eigenvalue weighted by molar-refractivity contribution is 9.10. The van der Waals surface area contributed by atoms with Crippen molar-refractivity contribution in [2.24, 2.45) is 0 Å². The quantitative estimate of drug-likeness (QED) is 0.633. The summed E-state index contributed by atoms with van der Waals surface area (Å²) in [6.45, 7) is 3.96. The van der Waals surface area contributed by atoms with Gasteiger partial charge in [-0.05, 0) is 35.4 Å². The van der Waals surface area contributed by atoms with Gasteiger partial charge in [0.2, 0.25) is 0 Å². The Morgan fingerprint density at radius 2 is 1.92 bits per heavy atom. The first-order chi connectivity index (χ1) is 5.77. The molecule has 2 rings (SSSR count). The van der Waals surface area contributed by atoms with E-state index < -0.39 is 0 Å². The molecule has 0 fully saturated rings. The molecule has 0 unspecified atom stereocenters. The summed E-state index contributed by atoms with van der Waals surface area (Å²) in [4.78, 5) is 0. The molecular formula is C11H8Br. The Morgan fingerprint density at radius 1 is 1.08 bits per heavy atom. The van der Waals surface area contributed by atoms with E-state index in [4.69, 9.17) is 0 Å². The summed E-state index contributed by atoms with van der Waals surface area (Å²) in [5.41, 5.74) is 1.08. The monoisotopic (exact) mass is 219 g/mol. The fourth-order valence-corrected chi connectivity index (χ4v) is 1.70. The fraction of sp³-hybridized carbons (Fsp3) is 0. The molecule has 0 aliphatic heterocycles. The van der Waals surface area contributed by atoms with Crippen LogP contribution in [0.3, 0.4) is 0 Å². The van der Waals surface area contributed by atoms with Crippen molar-refractivity contribution in [3.63, 3.8) is 0 Å². The van der Waals surface area contributed by atoms with Gasteiger partial charge in [-0.25, -0.2) is 0 Å². The largest absolute Gasteiger partial charge is 0.0614 e. The van der Waals surface area contributed by atoms with E-state index in [1.165, 1.54) is 10.8 Å². The van der Waals surface area contributed by atoms with Crippen molar-refractivity contribution >= 4 is 26.7 Å². The summed E-state index contributed by atoms with van der Waals surface area (Å²) in [5, 5.41) is 2.46. The van der Waals surface area contributed by atoms with Gasteiger partial charge in [0.25, 0.3) is 0 Å². The van der Waals surface area contributed by atoms with Crippen LogP contribution in [0.4, 0.5) is 0 Å². The van der Waals surface area contributed by atoms with Gasteiger partial charge in [-0.15, -0.1) is 0 Å². The van der Waals surface area contributed by atoms with Crippen LogP contribution in [0.2, 0.25) is 0 Å². The van der Waals surface area contributed by atoms with E-state index in [9.17, 15) is 0 Å². The molecule has 0 saturated carbocycles. The molecule has 0 aliphatic rings. The number of fused-ring (bicyclic) bond motifs is 1. The maximum atomic E-state index is 3.96. The Kier molecular flexibility index (Phi) is 1.89. The van der Waals surface area contributed by atoms with Crippen LogP contribution in [-0.4, -0.2) is 0 Å². The lowest BCUT2D eigenvalue weighted by Crippen LogP contribution is -1.76. The lowest BCUT2D eigenvalue weighted by molar-refractivity contribution is 1.65. The van der Waals surface area contributed by atoms with Crippen LogP contribution in [0.1, 0.15) is 5.56 Å². The minimum absolute atomic E-state index is 1.08. The topological polar surface area (TPSA) is 0 Å². The van der Waals surface area contributed by atoms with E-state index in [0.717, 1.165) is 10.0 Å². The summed E-state index contributed by atoms with van der Waals surface area (Å²) < 4.78 is 1.11. The highest BCUT2D eigenvalue weighted by Gasteiger charge is 1.95. The van der Waals surface area contributed by atoms with E-state index in [-0.39, 0.29) is 0 Å². The second-order valence-corrected chi connectivity index (χ2v) is 3.70. The second-order valence-electron chi connectivity index (χ2n) is 2.78. The van der Waals surface area contributed by atoms with Crippen molar-refractivity contribution < 1.29 is 0 Å². The van der Waals surface area contributed by atoms with Gasteiger partial charge in [0.1, 0.15) is 0 Å². The van der Waals surface area contributed by atoms with Crippen LogP contribution in [0.5, 0.6) is 0 Å². The van der Waals surface area contributed by atoms with Gasteiger partial charge in [-0.2, -0.15) is 0 Å².